The second-order valence-electron chi connectivity index (χ2n) is 4.07. The van der Waals surface area contributed by atoms with Gasteiger partial charge in [-0.05, 0) is 31.6 Å². The molecule has 1 aromatic rings. The summed E-state index contributed by atoms with van der Waals surface area (Å²) in [7, 11) is -1.86. The minimum Gasteiger partial charge on any atom is -0.319 e. The van der Waals surface area contributed by atoms with Crippen molar-refractivity contribution in [3.05, 3.63) is 28.2 Å². The van der Waals surface area contributed by atoms with E-state index in [1.807, 2.05) is 14.0 Å². The highest BCUT2D eigenvalue weighted by Crippen LogP contribution is 2.28. The van der Waals surface area contributed by atoms with Gasteiger partial charge in [-0.2, -0.15) is 0 Å². The van der Waals surface area contributed by atoms with Crippen molar-refractivity contribution >= 4 is 33.2 Å². The monoisotopic (exact) mass is 310 g/mol. The van der Waals surface area contributed by atoms with Crippen molar-refractivity contribution in [2.45, 2.75) is 11.8 Å². The van der Waals surface area contributed by atoms with Crippen molar-refractivity contribution in [1.82, 2.24) is 10.0 Å². The van der Waals surface area contributed by atoms with Gasteiger partial charge in [-0.3, -0.25) is 0 Å². The minimum absolute atomic E-state index is 0.0648. The summed E-state index contributed by atoms with van der Waals surface area (Å²) in [6.07, 6.45) is 0. The summed E-state index contributed by atoms with van der Waals surface area (Å²) in [6, 6.07) is 4.60. The van der Waals surface area contributed by atoms with Crippen LogP contribution in [0.15, 0.2) is 23.1 Å². The fraction of sp³-hybridized carbons (Fsp3) is 0.455. The molecular formula is C11H16Cl2N2O2S. The number of halogens is 2. The number of hydrogen-bond donors (Lipinski definition) is 2. The number of rotatable bonds is 6. The third kappa shape index (κ3) is 4.10. The molecule has 0 fully saturated rings. The van der Waals surface area contributed by atoms with Gasteiger partial charge in [0.05, 0.1) is 10.0 Å². The Morgan fingerprint density at radius 1 is 1.22 bits per heavy atom. The normalized spacial score (nSPS) is 13.6. The van der Waals surface area contributed by atoms with E-state index in [0.29, 0.717) is 6.54 Å². The Labute approximate surface area is 118 Å². The van der Waals surface area contributed by atoms with E-state index < -0.39 is 10.0 Å². The van der Waals surface area contributed by atoms with E-state index in [0.717, 1.165) is 6.54 Å². The molecular weight excluding hydrogens is 295 g/mol. The van der Waals surface area contributed by atoms with Gasteiger partial charge in [0.25, 0.3) is 0 Å². The molecule has 1 atom stereocenters. The highest BCUT2D eigenvalue weighted by Gasteiger charge is 2.21. The van der Waals surface area contributed by atoms with Gasteiger partial charge in [-0.15, -0.1) is 0 Å². The second-order valence-corrected chi connectivity index (χ2v) is 6.58. The molecule has 0 heterocycles. The van der Waals surface area contributed by atoms with Crippen LogP contribution in [-0.2, 0) is 10.0 Å². The van der Waals surface area contributed by atoms with E-state index in [2.05, 4.69) is 10.0 Å². The molecule has 18 heavy (non-hydrogen) atoms. The summed E-state index contributed by atoms with van der Waals surface area (Å²) in [5.74, 6) is 0.172. The fourth-order valence-electron chi connectivity index (χ4n) is 1.48. The largest absolute Gasteiger partial charge is 0.319 e. The first-order valence-electron chi connectivity index (χ1n) is 5.46. The average molecular weight is 311 g/mol. The second kappa shape index (κ2) is 6.73. The van der Waals surface area contributed by atoms with Crippen LogP contribution in [0.5, 0.6) is 0 Å². The summed E-state index contributed by atoms with van der Waals surface area (Å²) in [5.41, 5.74) is 0. The van der Waals surface area contributed by atoms with Crippen LogP contribution in [0.3, 0.4) is 0 Å². The summed E-state index contributed by atoms with van der Waals surface area (Å²) >= 11 is 11.7. The number of hydrogen-bond acceptors (Lipinski definition) is 3. The van der Waals surface area contributed by atoms with Crippen LogP contribution in [0.4, 0.5) is 0 Å². The van der Waals surface area contributed by atoms with E-state index >= 15 is 0 Å². The van der Waals surface area contributed by atoms with E-state index in [4.69, 9.17) is 23.2 Å². The predicted molar refractivity (Wildman–Crippen MR) is 74.7 cm³/mol. The van der Waals surface area contributed by atoms with Gasteiger partial charge in [0.15, 0.2) is 0 Å². The number of nitrogens with one attached hydrogen (secondary N) is 2. The number of sulfonamides is 1. The lowest BCUT2D eigenvalue weighted by molar-refractivity contribution is 0.519. The summed E-state index contributed by atoms with van der Waals surface area (Å²) in [6.45, 7) is 2.98. The Morgan fingerprint density at radius 2 is 1.78 bits per heavy atom. The van der Waals surface area contributed by atoms with Crippen LogP contribution >= 0.6 is 23.2 Å². The Kier molecular flexibility index (Phi) is 5.88. The molecule has 0 aliphatic rings. The molecule has 102 valence electrons. The topological polar surface area (TPSA) is 58.2 Å². The van der Waals surface area contributed by atoms with Gasteiger partial charge >= 0.3 is 0 Å². The minimum atomic E-state index is -3.68. The molecule has 0 aromatic heterocycles. The molecule has 1 rings (SSSR count). The van der Waals surface area contributed by atoms with E-state index in [1.54, 1.807) is 6.07 Å². The molecule has 0 aliphatic carbocycles. The molecule has 7 heteroatoms. The molecule has 0 spiro atoms. The molecule has 0 saturated carbocycles. The van der Waals surface area contributed by atoms with Crippen molar-refractivity contribution in [2.24, 2.45) is 5.92 Å². The molecule has 0 amide bonds. The maximum Gasteiger partial charge on any atom is 0.243 e. The first-order valence-corrected chi connectivity index (χ1v) is 7.70. The van der Waals surface area contributed by atoms with Crippen molar-refractivity contribution in [2.75, 3.05) is 20.1 Å². The highest BCUT2D eigenvalue weighted by molar-refractivity contribution is 7.89. The summed E-state index contributed by atoms with van der Waals surface area (Å²) in [4.78, 5) is -0.0648. The lowest BCUT2D eigenvalue weighted by Gasteiger charge is -2.13. The average Bonchev–Trinajstić information content (AvgIpc) is 2.26. The van der Waals surface area contributed by atoms with Crippen LogP contribution < -0.4 is 10.0 Å². The zero-order valence-corrected chi connectivity index (χ0v) is 12.5. The molecule has 0 radical (unpaired) electrons. The summed E-state index contributed by atoms with van der Waals surface area (Å²) in [5, 5.41) is 3.22. The Morgan fingerprint density at radius 3 is 2.28 bits per heavy atom. The van der Waals surface area contributed by atoms with Crippen LogP contribution in [0.2, 0.25) is 10.0 Å². The SMILES string of the molecule is CNCC(C)CNS(=O)(=O)c1c(Cl)cccc1Cl. The standard InChI is InChI=1S/C11H16Cl2N2O2S/c1-8(6-14-2)7-15-18(16,17)11-9(12)4-3-5-10(11)13/h3-5,8,14-15H,6-7H2,1-2H3. The molecule has 2 N–H and O–H groups in total. The van der Waals surface area contributed by atoms with Gasteiger partial charge in [-0.25, -0.2) is 13.1 Å². The first-order chi connectivity index (χ1) is 8.38. The lowest BCUT2D eigenvalue weighted by Crippen LogP contribution is -2.32. The Balaban J connectivity index is 2.87. The quantitative estimate of drug-likeness (QED) is 0.846. The predicted octanol–water partition coefficient (Wildman–Crippen LogP) is 2.13. The lowest BCUT2D eigenvalue weighted by atomic mass is 10.2. The highest BCUT2D eigenvalue weighted by atomic mass is 35.5. The molecule has 1 unspecified atom stereocenters. The molecule has 0 bridgehead atoms. The Bertz CT molecular complexity index is 486. The van der Waals surface area contributed by atoms with Crippen molar-refractivity contribution in [3.8, 4) is 0 Å². The van der Waals surface area contributed by atoms with E-state index in [9.17, 15) is 8.42 Å². The van der Waals surface area contributed by atoms with Gasteiger partial charge in [0.2, 0.25) is 10.0 Å². The third-order valence-electron chi connectivity index (χ3n) is 2.36. The zero-order valence-electron chi connectivity index (χ0n) is 10.2. The third-order valence-corrected chi connectivity index (χ3v) is 4.74. The summed E-state index contributed by atoms with van der Waals surface area (Å²) < 4.78 is 26.7. The maximum absolute atomic E-state index is 12.1. The van der Waals surface area contributed by atoms with E-state index in [-0.39, 0.29) is 20.9 Å². The first kappa shape index (κ1) is 15.7. The van der Waals surface area contributed by atoms with Gasteiger partial charge in [-0.1, -0.05) is 36.2 Å². The van der Waals surface area contributed by atoms with Gasteiger partial charge < -0.3 is 5.32 Å². The van der Waals surface area contributed by atoms with Crippen molar-refractivity contribution in [1.29, 1.82) is 0 Å². The van der Waals surface area contributed by atoms with Crippen LogP contribution in [0.25, 0.3) is 0 Å². The van der Waals surface area contributed by atoms with E-state index in [1.165, 1.54) is 12.1 Å². The molecule has 1 aromatic carbocycles. The molecule has 0 aliphatic heterocycles. The van der Waals surface area contributed by atoms with Crippen LogP contribution in [0.1, 0.15) is 6.92 Å². The van der Waals surface area contributed by atoms with Crippen LogP contribution in [-0.4, -0.2) is 28.6 Å². The molecule has 4 nitrogen and oxygen atoms in total. The number of benzene rings is 1. The van der Waals surface area contributed by atoms with Crippen molar-refractivity contribution < 1.29 is 8.42 Å². The van der Waals surface area contributed by atoms with Gasteiger partial charge in [0.1, 0.15) is 4.90 Å². The smallest absolute Gasteiger partial charge is 0.243 e. The van der Waals surface area contributed by atoms with Crippen LogP contribution in [0, 0.1) is 5.92 Å². The fourth-order valence-corrected chi connectivity index (χ4v) is 3.79. The van der Waals surface area contributed by atoms with Crippen molar-refractivity contribution in [3.63, 3.8) is 0 Å². The maximum atomic E-state index is 12.1. The zero-order chi connectivity index (χ0) is 13.8. The molecule has 0 saturated heterocycles. The Hall–Kier alpha value is -0.330. The van der Waals surface area contributed by atoms with Gasteiger partial charge in [0, 0.05) is 6.54 Å².